The average Bonchev–Trinajstić information content (AvgIpc) is 3.24. The molecule has 7 nitrogen and oxygen atoms in total. The van der Waals surface area contributed by atoms with Crippen molar-refractivity contribution in [2.45, 2.75) is 45.9 Å². The smallest absolute Gasteiger partial charge is 0.194 e. The van der Waals surface area contributed by atoms with Crippen LogP contribution in [0.5, 0.6) is 0 Å². The van der Waals surface area contributed by atoms with Crippen LogP contribution in [0.2, 0.25) is 0 Å². The van der Waals surface area contributed by atoms with Crippen molar-refractivity contribution in [1.82, 2.24) is 24.9 Å². The van der Waals surface area contributed by atoms with Crippen LogP contribution < -0.4 is 5.32 Å². The molecule has 182 valence electrons. The van der Waals surface area contributed by atoms with Crippen molar-refractivity contribution in [3.05, 3.63) is 53.3 Å². The zero-order valence-corrected chi connectivity index (χ0v) is 22.6. The van der Waals surface area contributed by atoms with Crippen LogP contribution in [0, 0.1) is 5.92 Å². The molecule has 1 aromatic heterocycles. The van der Waals surface area contributed by atoms with Gasteiger partial charge in [-0.3, -0.25) is 9.58 Å². The molecule has 8 heteroatoms. The Morgan fingerprint density at radius 2 is 2.03 bits per heavy atom. The second kappa shape index (κ2) is 12.7. The lowest BCUT2D eigenvalue weighted by molar-refractivity contribution is -0.00805. The van der Waals surface area contributed by atoms with Crippen LogP contribution in [0.25, 0.3) is 0 Å². The van der Waals surface area contributed by atoms with Gasteiger partial charge in [-0.2, -0.15) is 5.10 Å². The molecule has 33 heavy (non-hydrogen) atoms. The predicted molar refractivity (Wildman–Crippen MR) is 144 cm³/mol. The molecule has 3 heterocycles. The number of aliphatic imine (C=N–C) groups is 1. The summed E-state index contributed by atoms with van der Waals surface area (Å²) in [5.41, 5.74) is 3.84. The van der Waals surface area contributed by atoms with E-state index in [0.29, 0.717) is 13.2 Å². The first-order valence-corrected chi connectivity index (χ1v) is 12.0. The van der Waals surface area contributed by atoms with Crippen LogP contribution in [0.1, 0.15) is 49.5 Å². The number of nitrogens with zero attached hydrogens (tertiary/aromatic N) is 5. The number of halogens is 1. The number of likely N-dealkylation sites (tertiary alicyclic amines) is 1. The van der Waals surface area contributed by atoms with Gasteiger partial charge in [-0.05, 0) is 43.4 Å². The van der Waals surface area contributed by atoms with Crippen molar-refractivity contribution < 1.29 is 4.74 Å². The van der Waals surface area contributed by atoms with Crippen molar-refractivity contribution in [2.75, 3.05) is 39.3 Å². The molecule has 1 N–H and O–H groups in total. The van der Waals surface area contributed by atoms with Gasteiger partial charge < -0.3 is 15.0 Å². The third kappa shape index (κ3) is 7.16. The standard InChI is InChI=1S/C25H38N6O.HI/c1-4-26-25(31-12-13-32-24(19-31)23-15-28-29(3)17-23)27-14-21-9-5-6-10-22(21)18-30-11-7-8-20(2)16-30;/h5-6,9-10,15,17,20,24H,4,7-8,11-14,16,18-19H2,1-3H3,(H,26,27);1H. The number of hydrogen-bond donors (Lipinski definition) is 1. The first-order valence-electron chi connectivity index (χ1n) is 12.0. The molecule has 2 aromatic rings. The lowest BCUT2D eigenvalue weighted by Gasteiger charge is -2.35. The molecule has 1 aromatic carbocycles. The molecule has 2 unspecified atom stereocenters. The van der Waals surface area contributed by atoms with E-state index < -0.39 is 0 Å². The molecule has 0 saturated carbocycles. The third-order valence-corrected chi connectivity index (χ3v) is 6.45. The van der Waals surface area contributed by atoms with Gasteiger partial charge in [0.15, 0.2) is 5.96 Å². The van der Waals surface area contributed by atoms with Crippen LogP contribution in [0.3, 0.4) is 0 Å². The van der Waals surface area contributed by atoms with Gasteiger partial charge in [0.2, 0.25) is 0 Å². The van der Waals surface area contributed by atoms with Gasteiger partial charge >= 0.3 is 0 Å². The van der Waals surface area contributed by atoms with Gasteiger partial charge in [-0.25, -0.2) is 4.99 Å². The molecule has 4 rings (SSSR count). The van der Waals surface area contributed by atoms with Crippen LogP contribution in [-0.4, -0.2) is 64.9 Å². The van der Waals surface area contributed by atoms with Gasteiger partial charge in [-0.15, -0.1) is 24.0 Å². The number of ether oxygens (including phenoxy) is 1. The van der Waals surface area contributed by atoms with E-state index in [4.69, 9.17) is 9.73 Å². The Hall–Kier alpha value is -1.65. The van der Waals surface area contributed by atoms with Gasteiger partial charge in [0.05, 0.1) is 25.9 Å². The first kappa shape index (κ1) is 26.0. The molecule has 2 fully saturated rings. The highest BCUT2D eigenvalue weighted by Gasteiger charge is 2.25. The summed E-state index contributed by atoms with van der Waals surface area (Å²) in [6, 6.07) is 8.78. The molecular formula is C25H39IN6O. The minimum atomic E-state index is 0. The number of aryl methyl sites for hydroxylation is 1. The second-order valence-electron chi connectivity index (χ2n) is 9.17. The van der Waals surface area contributed by atoms with Gasteiger partial charge in [-0.1, -0.05) is 31.2 Å². The Morgan fingerprint density at radius 3 is 2.76 bits per heavy atom. The Morgan fingerprint density at radius 1 is 1.21 bits per heavy atom. The van der Waals surface area contributed by atoms with Crippen molar-refractivity contribution in [3.63, 3.8) is 0 Å². The summed E-state index contributed by atoms with van der Waals surface area (Å²) in [7, 11) is 1.94. The van der Waals surface area contributed by atoms with E-state index in [1.807, 2.05) is 24.1 Å². The van der Waals surface area contributed by atoms with Crippen LogP contribution >= 0.6 is 24.0 Å². The fourth-order valence-corrected chi connectivity index (χ4v) is 4.77. The van der Waals surface area contributed by atoms with E-state index in [1.165, 1.54) is 37.1 Å². The zero-order chi connectivity index (χ0) is 22.3. The molecule has 2 aliphatic rings. The predicted octanol–water partition coefficient (Wildman–Crippen LogP) is 3.81. The van der Waals surface area contributed by atoms with E-state index in [0.717, 1.165) is 43.6 Å². The number of guanidine groups is 1. The Bertz CT molecular complexity index is 901. The summed E-state index contributed by atoms with van der Waals surface area (Å²) in [5.74, 6) is 1.76. The maximum Gasteiger partial charge on any atom is 0.194 e. The van der Waals surface area contributed by atoms with Gasteiger partial charge in [0, 0.05) is 45.0 Å². The molecule has 0 aliphatic carbocycles. The third-order valence-electron chi connectivity index (χ3n) is 6.45. The van der Waals surface area contributed by atoms with E-state index in [-0.39, 0.29) is 30.1 Å². The fourth-order valence-electron chi connectivity index (χ4n) is 4.77. The maximum atomic E-state index is 6.03. The highest BCUT2D eigenvalue weighted by Crippen LogP contribution is 2.23. The average molecular weight is 567 g/mol. The normalized spacial score (nSPS) is 22.2. The highest BCUT2D eigenvalue weighted by molar-refractivity contribution is 14.0. The summed E-state index contributed by atoms with van der Waals surface area (Å²) >= 11 is 0. The molecule has 0 spiro atoms. The van der Waals surface area contributed by atoms with Crippen LogP contribution in [0.15, 0.2) is 41.7 Å². The summed E-state index contributed by atoms with van der Waals surface area (Å²) in [5, 5.41) is 7.80. The molecular weight excluding hydrogens is 527 g/mol. The maximum absolute atomic E-state index is 6.03. The molecule has 2 saturated heterocycles. The summed E-state index contributed by atoms with van der Waals surface area (Å²) < 4.78 is 7.86. The van der Waals surface area contributed by atoms with E-state index >= 15 is 0 Å². The quantitative estimate of drug-likeness (QED) is 0.328. The number of benzene rings is 1. The van der Waals surface area contributed by atoms with Gasteiger partial charge in [0.25, 0.3) is 0 Å². The lowest BCUT2D eigenvalue weighted by Crippen LogP contribution is -2.48. The number of nitrogens with one attached hydrogen (secondary N) is 1. The minimum Gasteiger partial charge on any atom is -0.370 e. The fraction of sp³-hybridized carbons (Fsp3) is 0.600. The van der Waals surface area contributed by atoms with E-state index in [1.54, 1.807) is 0 Å². The Balaban J connectivity index is 0.00000306. The van der Waals surface area contributed by atoms with Crippen molar-refractivity contribution >= 4 is 29.9 Å². The molecule has 0 radical (unpaired) electrons. The summed E-state index contributed by atoms with van der Waals surface area (Å²) in [4.78, 5) is 9.96. The number of rotatable bonds is 6. The summed E-state index contributed by atoms with van der Waals surface area (Å²) in [6.45, 7) is 11.8. The largest absolute Gasteiger partial charge is 0.370 e. The molecule has 0 amide bonds. The molecule has 2 aliphatic heterocycles. The Labute approximate surface area is 215 Å². The first-order chi connectivity index (χ1) is 15.6. The number of aromatic nitrogens is 2. The zero-order valence-electron chi connectivity index (χ0n) is 20.2. The highest BCUT2D eigenvalue weighted by atomic mass is 127. The topological polar surface area (TPSA) is 57.9 Å². The monoisotopic (exact) mass is 566 g/mol. The van der Waals surface area contributed by atoms with Crippen LogP contribution in [-0.2, 0) is 24.9 Å². The lowest BCUT2D eigenvalue weighted by atomic mass is 9.99. The number of morpholine rings is 1. The van der Waals surface area contributed by atoms with Crippen molar-refractivity contribution in [1.29, 1.82) is 0 Å². The second-order valence-corrected chi connectivity index (χ2v) is 9.17. The number of hydrogen-bond acceptors (Lipinski definition) is 4. The van der Waals surface area contributed by atoms with E-state index in [9.17, 15) is 0 Å². The minimum absolute atomic E-state index is 0. The summed E-state index contributed by atoms with van der Waals surface area (Å²) in [6.07, 6.45) is 6.62. The molecule has 0 bridgehead atoms. The van der Waals surface area contributed by atoms with E-state index in [2.05, 4.69) is 58.3 Å². The number of piperidine rings is 1. The van der Waals surface area contributed by atoms with Gasteiger partial charge in [0.1, 0.15) is 6.10 Å². The van der Waals surface area contributed by atoms with Crippen molar-refractivity contribution in [3.8, 4) is 0 Å². The Kier molecular flexibility index (Phi) is 10.0. The van der Waals surface area contributed by atoms with Crippen LogP contribution in [0.4, 0.5) is 0 Å². The SMILES string of the molecule is CCNC(=NCc1ccccc1CN1CCCC(C)C1)N1CCOC(c2cnn(C)c2)C1.I. The molecule has 2 atom stereocenters. The van der Waals surface area contributed by atoms with Crippen molar-refractivity contribution in [2.24, 2.45) is 18.0 Å².